The first kappa shape index (κ1) is 19.4. The van der Waals surface area contributed by atoms with E-state index in [0.717, 1.165) is 16.9 Å². The fraction of sp³-hybridized carbons (Fsp3) is 0.350. The van der Waals surface area contributed by atoms with Crippen LogP contribution in [0.4, 0.5) is 5.69 Å². The van der Waals surface area contributed by atoms with Crippen molar-refractivity contribution < 1.29 is 17.9 Å². The van der Waals surface area contributed by atoms with Crippen LogP contribution in [0.2, 0.25) is 0 Å². The van der Waals surface area contributed by atoms with Gasteiger partial charge in [-0.3, -0.25) is 9.69 Å². The number of methoxy groups -OCH3 is 1. The molecule has 2 aromatic rings. The van der Waals surface area contributed by atoms with Crippen LogP contribution in [0.1, 0.15) is 6.42 Å². The second-order valence-electron chi connectivity index (χ2n) is 6.83. The summed E-state index contributed by atoms with van der Waals surface area (Å²) in [5.74, 6) is 0.972. The van der Waals surface area contributed by atoms with E-state index in [4.69, 9.17) is 4.74 Å². The fourth-order valence-corrected chi connectivity index (χ4v) is 5.03. The summed E-state index contributed by atoms with van der Waals surface area (Å²) in [6.45, 7) is 0.165. The first-order valence-corrected chi connectivity index (χ1v) is 10.6. The number of ether oxygens (including phenoxy) is 1. The molecule has 1 N–H and O–H groups in total. The number of sulfone groups is 1. The molecule has 1 fully saturated rings. The van der Waals surface area contributed by atoms with Crippen molar-refractivity contribution in [2.24, 2.45) is 0 Å². The number of amides is 1. The lowest BCUT2D eigenvalue weighted by Crippen LogP contribution is -2.38. The molecular formula is C20H24N2O4S. The largest absolute Gasteiger partial charge is 0.497 e. The van der Waals surface area contributed by atoms with Gasteiger partial charge in [-0.15, -0.1) is 0 Å². The number of benzene rings is 2. The highest BCUT2D eigenvalue weighted by atomic mass is 32.2. The van der Waals surface area contributed by atoms with Gasteiger partial charge < -0.3 is 10.1 Å². The average molecular weight is 388 g/mol. The van der Waals surface area contributed by atoms with Crippen LogP contribution in [0, 0.1) is 0 Å². The summed E-state index contributed by atoms with van der Waals surface area (Å²) in [4.78, 5) is 14.1. The van der Waals surface area contributed by atoms with E-state index in [1.807, 2.05) is 53.4 Å². The monoisotopic (exact) mass is 388 g/mol. The molecule has 1 unspecified atom stereocenters. The lowest BCUT2D eigenvalue weighted by Gasteiger charge is -2.22. The zero-order valence-electron chi connectivity index (χ0n) is 15.5. The Balaban J connectivity index is 1.58. The molecule has 0 bridgehead atoms. The van der Waals surface area contributed by atoms with E-state index >= 15 is 0 Å². The van der Waals surface area contributed by atoms with Crippen molar-refractivity contribution in [1.29, 1.82) is 0 Å². The highest BCUT2D eigenvalue weighted by molar-refractivity contribution is 7.91. The lowest BCUT2D eigenvalue weighted by molar-refractivity contribution is -0.117. The van der Waals surface area contributed by atoms with Gasteiger partial charge in [0.25, 0.3) is 0 Å². The van der Waals surface area contributed by atoms with Crippen molar-refractivity contribution in [1.82, 2.24) is 4.90 Å². The second-order valence-corrected chi connectivity index (χ2v) is 9.06. The number of nitrogens with one attached hydrogen (secondary N) is 1. The third-order valence-electron chi connectivity index (χ3n) is 4.80. The SMILES string of the molecule is COc1cccc(-c2ccc(NC(=O)CN(C)C3CCS(=O)(=O)C3)cc2)c1. The molecule has 1 amide bonds. The molecule has 2 aromatic carbocycles. The third-order valence-corrected chi connectivity index (χ3v) is 6.55. The topological polar surface area (TPSA) is 75.7 Å². The van der Waals surface area contributed by atoms with E-state index in [-0.39, 0.29) is 30.0 Å². The minimum atomic E-state index is -2.95. The van der Waals surface area contributed by atoms with E-state index in [1.165, 1.54) is 0 Å². The van der Waals surface area contributed by atoms with E-state index in [1.54, 1.807) is 14.2 Å². The maximum atomic E-state index is 12.3. The van der Waals surface area contributed by atoms with Crippen LogP contribution in [-0.4, -0.2) is 57.5 Å². The van der Waals surface area contributed by atoms with Gasteiger partial charge in [0.2, 0.25) is 5.91 Å². The van der Waals surface area contributed by atoms with Crippen molar-refractivity contribution in [2.75, 3.05) is 37.5 Å². The number of hydrogen-bond acceptors (Lipinski definition) is 5. The summed E-state index contributed by atoms with van der Waals surface area (Å²) in [6.07, 6.45) is 0.585. The summed E-state index contributed by atoms with van der Waals surface area (Å²) in [7, 11) is 0.470. The van der Waals surface area contributed by atoms with Crippen molar-refractivity contribution >= 4 is 21.4 Å². The Hall–Kier alpha value is -2.38. The minimum Gasteiger partial charge on any atom is -0.497 e. The van der Waals surface area contributed by atoms with E-state index in [0.29, 0.717) is 12.1 Å². The van der Waals surface area contributed by atoms with Gasteiger partial charge in [-0.2, -0.15) is 0 Å². The second kappa shape index (κ2) is 8.10. The molecule has 6 nitrogen and oxygen atoms in total. The van der Waals surface area contributed by atoms with Crippen LogP contribution in [0.5, 0.6) is 5.75 Å². The molecular weight excluding hydrogens is 364 g/mol. The zero-order chi connectivity index (χ0) is 19.4. The van der Waals surface area contributed by atoms with E-state index in [9.17, 15) is 13.2 Å². The molecule has 1 heterocycles. The van der Waals surface area contributed by atoms with Gasteiger partial charge in [-0.1, -0.05) is 24.3 Å². The minimum absolute atomic E-state index is 0.0869. The van der Waals surface area contributed by atoms with Crippen molar-refractivity contribution in [2.45, 2.75) is 12.5 Å². The average Bonchev–Trinajstić information content (AvgIpc) is 3.02. The van der Waals surface area contributed by atoms with Gasteiger partial charge in [0.05, 0.1) is 25.2 Å². The highest BCUT2D eigenvalue weighted by Crippen LogP contribution is 2.25. The molecule has 0 aliphatic carbocycles. The van der Waals surface area contributed by atoms with Crippen LogP contribution in [0.25, 0.3) is 11.1 Å². The maximum absolute atomic E-state index is 12.3. The Labute approximate surface area is 160 Å². The number of likely N-dealkylation sites (N-methyl/N-ethyl adjacent to an activating group) is 1. The maximum Gasteiger partial charge on any atom is 0.238 e. The molecule has 144 valence electrons. The Morgan fingerprint density at radius 2 is 1.93 bits per heavy atom. The van der Waals surface area contributed by atoms with Gasteiger partial charge in [-0.05, 0) is 48.9 Å². The molecule has 27 heavy (non-hydrogen) atoms. The molecule has 3 rings (SSSR count). The first-order chi connectivity index (χ1) is 12.9. The molecule has 1 saturated heterocycles. The molecule has 0 saturated carbocycles. The number of rotatable bonds is 6. The lowest BCUT2D eigenvalue weighted by atomic mass is 10.1. The Kier molecular flexibility index (Phi) is 5.82. The number of carbonyl (C=O) groups excluding carboxylic acids is 1. The molecule has 1 aliphatic rings. The van der Waals surface area contributed by atoms with Crippen molar-refractivity contribution in [3.05, 3.63) is 48.5 Å². The quantitative estimate of drug-likeness (QED) is 0.823. The van der Waals surface area contributed by atoms with Crippen LogP contribution >= 0.6 is 0 Å². The Morgan fingerprint density at radius 3 is 2.56 bits per heavy atom. The smallest absolute Gasteiger partial charge is 0.238 e. The Morgan fingerprint density at radius 1 is 1.19 bits per heavy atom. The third kappa shape index (κ3) is 5.08. The molecule has 7 heteroatoms. The van der Waals surface area contributed by atoms with Crippen LogP contribution in [0.3, 0.4) is 0 Å². The van der Waals surface area contributed by atoms with Crippen LogP contribution in [-0.2, 0) is 14.6 Å². The number of nitrogens with zero attached hydrogens (tertiary/aromatic N) is 1. The predicted octanol–water partition coefficient (Wildman–Crippen LogP) is 2.42. The highest BCUT2D eigenvalue weighted by Gasteiger charge is 2.31. The molecule has 1 atom stereocenters. The summed E-state index contributed by atoms with van der Waals surface area (Å²) in [6, 6.07) is 15.3. The summed E-state index contributed by atoms with van der Waals surface area (Å²) in [5, 5.41) is 2.86. The molecule has 0 spiro atoms. The van der Waals surface area contributed by atoms with Crippen LogP contribution < -0.4 is 10.1 Å². The van der Waals surface area contributed by atoms with Gasteiger partial charge in [0, 0.05) is 11.7 Å². The molecule has 0 radical (unpaired) electrons. The summed E-state index contributed by atoms with van der Waals surface area (Å²) >= 11 is 0. The van der Waals surface area contributed by atoms with E-state index < -0.39 is 9.84 Å². The van der Waals surface area contributed by atoms with Crippen molar-refractivity contribution in [3.8, 4) is 16.9 Å². The first-order valence-electron chi connectivity index (χ1n) is 8.81. The number of carbonyl (C=O) groups is 1. The van der Waals surface area contributed by atoms with Crippen LogP contribution in [0.15, 0.2) is 48.5 Å². The normalized spacial score (nSPS) is 18.4. The van der Waals surface area contributed by atoms with E-state index in [2.05, 4.69) is 5.32 Å². The van der Waals surface area contributed by atoms with Gasteiger partial charge in [-0.25, -0.2) is 8.42 Å². The number of hydrogen-bond donors (Lipinski definition) is 1. The van der Waals surface area contributed by atoms with Gasteiger partial charge in [0.15, 0.2) is 9.84 Å². The van der Waals surface area contributed by atoms with Gasteiger partial charge in [0.1, 0.15) is 5.75 Å². The zero-order valence-corrected chi connectivity index (χ0v) is 16.3. The molecule has 0 aromatic heterocycles. The van der Waals surface area contributed by atoms with Crippen molar-refractivity contribution in [3.63, 3.8) is 0 Å². The predicted molar refractivity (Wildman–Crippen MR) is 107 cm³/mol. The fourth-order valence-electron chi connectivity index (χ4n) is 3.23. The standard InChI is InChI=1S/C20H24N2O4S/c1-22(18-10-11-27(24,25)14-18)13-20(23)21-17-8-6-15(7-9-17)16-4-3-5-19(12-16)26-2/h3-9,12,18H,10-11,13-14H2,1-2H3,(H,21,23). The summed E-state index contributed by atoms with van der Waals surface area (Å²) < 4.78 is 28.4. The number of anilines is 1. The summed E-state index contributed by atoms with van der Waals surface area (Å²) in [5.41, 5.74) is 2.77. The van der Waals surface area contributed by atoms with Gasteiger partial charge >= 0.3 is 0 Å². The Bertz CT molecular complexity index is 910. The molecule has 1 aliphatic heterocycles.